The number of thiocarbonyl (C=S) groups is 1. The molecular weight excluding hydrogens is 375 g/mol. The lowest BCUT2D eigenvalue weighted by molar-refractivity contribution is -0.117. The normalized spacial score (nSPS) is 14.6. The molecule has 0 aromatic heterocycles. The van der Waals surface area contributed by atoms with E-state index in [1.165, 1.54) is 23.3 Å². The molecule has 0 spiro atoms. The standard InChI is InChI=1S/C21H25FN4OS/c1-15-11-16(2)13-19(12-15)24-21(28)26-9-7-25(8-10-26)14-20(27)23-18-5-3-17(22)4-6-18/h3-6,11-13H,7-10,14H2,1-2H3,(H,23,27)(H,24,28). The van der Waals surface area contributed by atoms with Gasteiger partial charge in [-0.25, -0.2) is 4.39 Å². The molecule has 3 rings (SSSR count). The highest BCUT2D eigenvalue weighted by Crippen LogP contribution is 2.15. The molecule has 1 aliphatic heterocycles. The van der Waals surface area contributed by atoms with E-state index in [4.69, 9.17) is 12.2 Å². The van der Waals surface area contributed by atoms with E-state index in [1.54, 1.807) is 12.1 Å². The van der Waals surface area contributed by atoms with Gasteiger partial charge in [-0.1, -0.05) is 6.07 Å². The number of nitrogens with one attached hydrogen (secondary N) is 2. The summed E-state index contributed by atoms with van der Waals surface area (Å²) in [5, 5.41) is 6.82. The van der Waals surface area contributed by atoms with Crippen LogP contribution in [0, 0.1) is 19.7 Å². The van der Waals surface area contributed by atoms with E-state index in [2.05, 4.69) is 52.5 Å². The van der Waals surface area contributed by atoms with Gasteiger partial charge in [0.05, 0.1) is 6.54 Å². The Labute approximate surface area is 170 Å². The highest BCUT2D eigenvalue weighted by atomic mass is 32.1. The molecule has 1 fully saturated rings. The molecular formula is C21H25FN4OS. The minimum Gasteiger partial charge on any atom is -0.346 e. The van der Waals surface area contributed by atoms with Gasteiger partial charge in [-0.15, -0.1) is 0 Å². The number of rotatable bonds is 4. The molecule has 0 saturated carbocycles. The summed E-state index contributed by atoms with van der Waals surface area (Å²) >= 11 is 5.55. The number of anilines is 2. The van der Waals surface area contributed by atoms with Crippen molar-refractivity contribution in [3.63, 3.8) is 0 Å². The van der Waals surface area contributed by atoms with Crippen LogP contribution in [-0.4, -0.2) is 53.5 Å². The summed E-state index contributed by atoms with van der Waals surface area (Å²) < 4.78 is 12.9. The molecule has 1 saturated heterocycles. The van der Waals surface area contributed by atoms with Crippen LogP contribution in [0.1, 0.15) is 11.1 Å². The maximum absolute atomic E-state index is 12.9. The monoisotopic (exact) mass is 400 g/mol. The first-order chi connectivity index (χ1) is 13.4. The fourth-order valence-electron chi connectivity index (χ4n) is 3.30. The Kier molecular flexibility index (Phi) is 6.59. The zero-order valence-electron chi connectivity index (χ0n) is 16.2. The summed E-state index contributed by atoms with van der Waals surface area (Å²) in [6, 6.07) is 12.1. The zero-order valence-corrected chi connectivity index (χ0v) is 17.0. The third-order valence-corrected chi connectivity index (χ3v) is 4.99. The predicted molar refractivity (Wildman–Crippen MR) is 115 cm³/mol. The molecule has 0 atom stereocenters. The molecule has 0 aliphatic carbocycles. The molecule has 0 unspecified atom stereocenters. The smallest absolute Gasteiger partial charge is 0.238 e. The first kappa shape index (κ1) is 20.2. The molecule has 28 heavy (non-hydrogen) atoms. The predicted octanol–water partition coefficient (Wildman–Crippen LogP) is 3.40. The van der Waals surface area contributed by atoms with E-state index in [0.29, 0.717) is 17.3 Å². The van der Waals surface area contributed by atoms with Crippen LogP contribution in [0.5, 0.6) is 0 Å². The van der Waals surface area contributed by atoms with E-state index in [0.717, 1.165) is 31.9 Å². The number of halogens is 1. The van der Waals surface area contributed by atoms with Gasteiger partial charge in [-0.3, -0.25) is 9.69 Å². The minimum atomic E-state index is -0.320. The lowest BCUT2D eigenvalue weighted by Gasteiger charge is -2.35. The Hall–Kier alpha value is -2.51. The molecule has 0 radical (unpaired) electrons. The van der Waals surface area contributed by atoms with Gasteiger partial charge in [0.1, 0.15) is 5.82 Å². The first-order valence-electron chi connectivity index (χ1n) is 9.31. The second-order valence-electron chi connectivity index (χ2n) is 7.12. The van der Waals surface area contributed by atoms with Gasteiger partial charge in [-0.2, -0.15) is 0 Å². The van der Waals surface area contributed by atoms with Crippen molar-refractivity contribution >= 4 is 34.6 Å². The van der Waals surface area contributed by atoms with Gasteiger partial charge in [0.2, 0.25) is 5.91 Å². The van der Waals surface area contributed by atoms with Crippen LogP contribution in [0.4, 0.5) is 15.8 Å². The van der Waals surface area contributed by atoms with Gasteiger partial charge in [0.15, 0.2) is 5.11 Å². The van der Waals surface area contributed by atoms with Crippen LogP contribution in [-0.2, 0) is 4.79 Å². The third kappa shape index (κ3) is 5.74. The molecule has 1 heterocycles. The van der Waals surface area contributed by atoms with E-state index in [9.17, 15) is 9.18 Å². The van der Waals surface area contributed by atoms with Gasteiger partial charge < -0.3 is 15.5 Å². The minimum absolute atomic E-state index is 0.101. The molecule has 7 heteroatoms. The second-order valence-corrected chi connectivity index (χ2v) is 7.51. The number of amides is 1. The van der Waals surface area contributed by atoms with Gasteiger partial charge in [-0.05, 0) is 73.6 Å². The molecule has 2 aromatic rings. The molecule has 1 amide bonds. The fourth-order valence-corrected chi connectivity index (χ4v) is 3.60. The Morgan fingerprint density at radius 1 is 0.964 bits per heavy atom. The Morgan fingerprint density at radius 2 is 1.57 bits per heavy atom. The van der Waals surface area contributed by atoms with Gasteiger partial charge >= 0.3 is 0 Å². The van der Waals surface area contributed by atoms with Crippen LogP contribution in [0.3, 0.4) is 0 Å². The maximum atomic E-state index is 12.9. The summed E-state index contributed by atoms with van der Waals surface area (Å²) in [6.07, 6.45) is 0. The van der Waals surface area contributed by atoms with Crippen molar-refractivity contribution in [2.45, 2.75) is 13.8 Å². The Bertz CT molecular complexity index is 828. The van der Waals surface area contributed by atoms with Crippen LogP contribution in [0.2, 0.25) is 0 Å². The molecule has 5 nitrogen and oxygen atoms in total. The SMILES string of the molecule is Cc1cc(C)cc(NC(=S)N2CCN(CC(=O)Nc3ccc(F)cc3)CC2)c1. The van der Waals surface area contributed by atoms with Crippen molar-refractivity contribution in [3.8, 4) is 0 Å². The highest BCUT2D eigenvalue weighted by molar-refractivity contribution is 7.80. The van der Waals surface area contributed by atoms with Crippen LogP contribution < -0.4 is 10.6 Å². The molecule has 148 valence electrons. The maximum Gasteiger partial charge on any atom is 0.238 e. The van der Waals surface area contributed by atoms with Crippen molar-refractivity contribution in [1.29, 1.82) is 0 Å². The zero-order chi connectivity index (χ0) is 20.1. The highest BCUT2D eigenvalue weighted by Gasteiger charge is 2.20. The molecule has 1 aliphatic rings. The number of carbonyl (C=O) groups is 1. The van der Waals surface area contributed by atoms with Crippen LogP contribution >= 0.6 is 12.2 Å². The lowest BCUT2D eigenvalue weighted by atomic mass is 10.1. The van der Waals surface area contributed by atoms with E-state index >= 15 is 0 Å². The van der Waals surface area contributed by atoms with Crippen molar-refractivity contribution in [2.75, 3.05) is 43.4 Å². The molecule has 2 aromatic carbocycles. The number of hydrogen-bond acceptors (Lipinski definition) is 3. The third-order valence-electron chi connectivity index (χ3n) is 4.63. The molecule has 2 N–H and O–H groups in total. The van der Waals surface area contributed by atoms with Crippen LogP contribution in [0.25, 0.3) is 0 Å². The number of hydrogen-bond donors (Lipinski definition) is 2. The van der Waals surface area contributed by atoms with Crippen LogP contribution in [0.15, 0.2) is 42.5 Å². The largest absolute Gasteiger partial charge is 0.346 e. The average molecular weight is 401 g/mol. The fraction of sp³-hybridized carbons (Fsp3) is 0.333. The van der Waals surface area contributed by atoms with E-state index in [1.807, 2.05) is 0 Å². The number of carbonyl (C=O) groups excluding carboxylic acids is 1. The molecule has 0 bridgehead atoms. The number of benzene rings is 2. The first-order valence-corrected chi connectivity index (χ1v) is 9.72. The van der Waals surface area contributed by atoms with E-state index in [-0.39, 0.29) is 11.7 Å². The van der Waals surface area contributed by atoms with Crippen molar-refractivity contribution < 1.29 is 9.18 Å². The number of aryl methyl sites for hydroxylation is 2. The Balaban J connectivity index is 1.45. The summed E-state index contributed by atoms with van der Waals surface area (Å²) in [4.78, 5) is 16.4. The average Bonchev–Trinajstić information content (AvgIpc) is 2.63. The summed E-state index contributed by atoms with van der Waals surface area (Å²) in [5.41, 5.74) is 4.00. The van der Waals surface area contributed by atoms with Gasteiger partial charge in [0, 0.05) is 37.6 Å². The number of piperazine rings is 1. The summed E-state index contributed by atoms with van der Waals surface area (Å²) in [6.45, 7) is 7.48. The van der Waals surface area contributed by atoms with E-state index < -0.39 is 0 Å². The summed E-state index contributed by atoms with van der Waals surface area (Å²) in [7, 11) is 0. The second kappa shape index (κ2) is 9.12. The van der Waals surface area contributed by atoms with Gasteiger partial charge in [0.25, 0.3) is 0 Å². The summed E-state index contributed by atoms with van der Waals surface area (Å²) in [5.74, 6) is -0.421. The Morgan fingerprint density at radius 3 is 2.18 bits per heavy atom. The van der Waals surface area contributed by atoms with Crippen molar-refractivity contribution in [1.82, 2.24) is 9.80 Å². The number of nitrogens with zero attached hydrogens (tertiary/aromatic N) is 2. The van der Waals surface area contributed by atoms with Crippen molar-refractivity contribution in [3.05, 3.63) is 59.4 Å². The topological polar surface area (TPSA) is 47.6 Å². The lowest BCUT2D eigenvalue weighted by Crippen LogP contribution is -2.51. The quantitative estimate of drug-likeness (QED) is 0.771. The van der Waals surface area contributed by atoms with Crippen molar-refractivity contribution in [2.24, 2.45) is 0 Å².